The van der Waals surface area contributed by atoms with Gasteiger partial charge in [-0.25, -0.2) is 0 Å². The summed E-state index contributed by atoms with van der Waals surface area (Å²) in [5.41, 5.74) is 5.34. The Balaban J connectivity index is 1.69. The van der Waals surface area contributed by atoms with E-state index < -0.39 is 0 Å². The van der Waals surface area contributed by atoms with Gasteiger partial charge in [-0.3, -0.25) is 14.5 Å². The maximum absolute atomic E-state index is 13.3. The second-order valence-electron chi connectivity index (χ2n) is 7.76. The van der Waals surface area contributed by atoms with E-state index in [1.54, 1.807) is 24.3 Å². The van der Waals surface area contributed by atoms with Crippen LogP contribution < -0.4 is 5.32 Å². The van der Waals surface area contributed by atoms with Crippen molar-refractivity contribution >= 4 is 34.7 Å². The van der Waals surface area contributed by atoms with Crippen molar-refractivity contribution in [3.8, 4) is 0 Å². The number of aryl methyl sites for hydroxylation is 2. The van der Waals surface area contributed by atoms with Crippen LogP contribution >= 0.6 is 11.6 Å². The van der Waals surface area contributed by atoms with Crippen molar-refractivity contribution in [1.29, 1.82) is 0 Å². The van der Waals surface area contributed by atoms with Gasteiger partial charge in [0, 0.05) is 17.3 Å². The monoisotopic (exact) mass is 430 g/mol. The average molecular weight is 431 g/mol. The van der Waals surface area contributed by atoms with Gasteiger partial charge in [0.1, 0.15) is 5.70 Å². The zero-order valence-electron chi connectivity index (χ0n) is 17.5. The van der Waals surface area contributed by atoms with Crippen molar-refractivity contribution < 1.29 is 9.59 Å². The number of imide groups is 1. The molecule has 0 saturated carbocycles. The van der Waals surface area contributed by atoms with E-state index in [-0.39, 0.29) is 11.8 Å². The second-order valence-corrected chi connectivity index (χ2v) is 8.19. The standard InChI is InChI=1S/C26H23ClN2O2/c1-17-14-18(2)16-22(15-17)28-24-23(20-8-10-21(27)11-9-20)25(30)29(26(24)31)13-12-19-6-4-3-5-7-19/h3-11,14-16,28H,12-13H2,1-2H3. The number of hydrogen-bond donors (Lipinski definition) is 1. The Hall–Kier alpha value is -3.37. The topological polar surface area (TPSA) is 49.4 Å². The number of halogens is 1. The lowest BCUT2D eigenvalue weighted by Gasteiger charge is -2.15. The van der Waals surface area contributed by atoms with Gasteiger partial charge in [0.15, 0.2) is 0 Å². The lowest BCUT2D eigenvalue weighted by Crippen LogP contribution is -2.34. The van der Waals surface area contributed by atoms with E-state index in [9.17, 15) is 9.59 Å². The van der Waals surface area contributed by atoms with Crippen LogP contribution in [0.4, 0.5) is 5.69 Å². The van der Waals surface area contributed by atoms with Gasteiger partial charge in [-0.15, -0.1) is 0 Å². The number of amides is 2. The number of carbonyl (C=O) groups is 2. The highest BCUT2D eigenvalue weighted by Crippen LogP contribution is 2.31. The van der Waals surface area contributed by atoms with Gasteiger partial charge in [-0.1, -0.05) is 60.1 Å². The molecular weight excluding hydrogens is 408 g/mol. The maximum Gasteiger partial charge on any atom is 0.278 e. The molecule has 0 atom stereocenters. The third kappa shape index (κ3) is 4.54. The summed E-state index contributed by atoms with van der Waals surface area (Å²) < 4.78 is 0. The Morgan fingerprint density at radius 3 is 2.13 bits per heavy atom. The number of nitrogens with zero attached hydrogens (tertiary/aromatic N) is 1. The number of anilines is 1. The van der Waals surface area contributed by atoms with Crippen LogP contribution in [0.25, 0.3) is 5.57 Å². The van der Waals surface area contributed by atoms with E-state index in [1.165, 1.54) is 4.90 Å². The molecule has 156 valence electrons. The molecule has 1 aliphatic heterocycles. The molecule has 4 rings (SSSR count). The van der Waals surface area contributed by atoms with Gasteiger partial charge in [0.25, 0.3) is 11.8 Å². The minimum atomic E-state index is -0.315. The smallest absolute Gasteiger partial charge is 0.278 e. The minimum Gasteiger partial charge on any atom is -0.350 e. The fourth-order valence-corrected chi connectivity index (χ4v) is 3.98. The zero-order valence-corrected chi connectivity index (χ0v) is 18.2. The number of benzene rings is 3. The fraction of sp³-hybridized carbons (Fsp3) is 0.154. The molecule has 0 bridgehead atoms. The molecule has 0 unspecified atom stereocenters. The van der Waals surface area contributed by atoms with Gasteiger partial charge >= 0.3 is 0 Å². The van der Waals surface area contributed by atoms with Crippen molar-refractivity contribution in [2.75, 3.05) is 11.9 Å². The maximum atomic E-state index is 13.3. The largest absolute Gasteiger partial charge is 0.350 e. The van der Waals surface area contributed by atoms with Crippen LogP contribution in [0.2, 0.25) is 5.02 Å². The zero-order chi connectivity index (χ0) is 22.0. The Labute approximate surface area is 187 Å². The minimum absolute atomic E-state index is 0.296. The third-order valence-corrected chi connectivity index (χ3v) is 5.51. The second kappa shape index (κ2) is 8.78. The predicted octanol–water partition coefficient (Wildman–Crippen LogP) is 5.39. The molecule has 2 amide bonds. The summed E-state index contributed by atoms with van der Waals surface area (Å²) >= 11 is 6.04. The molecule has 0 fully saturated rings. The number of nitrogens with one attached hydrogen (secondary N) is 1. The van der Waals surface area contributed by atoms with Crippen LogP contribution in [-0.2, 0) is 16.0 Å². The highest BCUT2D eigenvalue weighted by molar-refractivity contribution is 6.36. The molecule has 0 radical (unpaired) electrons. The van der Waals surface area contributed by atoms with Crippen molar-refractivity contribution in [3.63, 3.8) is 0 Å². The average Bonchev–Trinajstić information content (AvgIpc) is 2.96. The molecular formula is C26H23ClN2O2. The molecule has 5 heteroatoms. The molecule has 31 heavy (non-hydrogen) atoms. The summed E-state index contributed by atoms with van der Waals surface area (Å²) in [4.78, 5) is 28.0. The van der Waals surface area contributed by atoms with Crippen molar-refractivity contribution in [3.05, 3.63) is 106 Å². The van der Waals surface area contributed by atoms with Gasteiger partial charge in [0.2, 0.25) is 0 Å². The molecule has 1 heterocycles. The van der Waals surface area contributed by atoms with Crippen molar-refractivity contribution in [2.24, 2.45) is 0 Å². The normalized spacial score (nSPS) is 13.8. The first kappa shape index (κ1) is 20.9. The lowest BCUT2D eigenvalue weighted by molar-refractivity contribution is -0.136. The van der Waals surface area contributed by atoms with Crippen LogP contribution in [0.5, 0.6) is 0 Å². The molecule has 0 aromatic heterocycles. The Kier molecular flexibility index (Phi) is 5.92. The molecule has 0 spiro atoms. The first-order chi connectivity index (χ1) is 14.9. The molecule has 0 aliphatic carbocycles. The van der Waals surface area contributed by atoms with E-state index in [4.69, 9.17) is 11.6 Å². The quantitative estimate of drug-likeness (QED) is 0.533. The van der Waals surface area contributed by atoms with E-state index >= 15 is 0 Å². The Morgan fingerprint density at radius 1 is 0.839 bits per heavy atom. The molecule has 4 nitrogen and oxygen atoms in total. The summed E-state index contributed by atoms with van der Waals surface area (Å²) in [5, 5.41) is 3.80. The number of carbonyl (C=O) groups excluding carboxylic acids is 2. The summed E-state index contributed by atoms with van der Waals surface area (Å²) in [7, 11) is 0. The first-order valence-electron chi connectivity index (χ1n) is 10.2. The number of hydrogen-bond acceptors (Lipinski definition) is 3. The highest BCUT2D eigenvalue weighted by Gasteiger charge is 2.38. The summed E-state index contributed by atoms with van der Waals surface area (Å²) in [5.74, 6) is -0.611. The van der Waals surface area contributed by atoms with E-state index in [0.29, 0.717) is 34.8 Å². The SMILES string of the molecule is Cc1cc(C)cc(NC2=C(c3ccc(Cl)cc3)C(=O)N(CCc3ccccc3)C2=O)c1. The summed E-state index contributed by atoms with van der Waals surface area (Å²) in [6.07, 6.45) is 0.600. The van der Waals surface area contributed by atoms with Gasteiger partial charge < -0.3 is 5.32 Å². The summed E-state index contributed by atoms with van der Waals surface area (Å²) in [6, 6.07) is 22.8. The molecule has 3 aromatic rings. The van der Waals surface area contributed by atoms with Gasteiger partial charge in [-0.2, -0.15) is 0 Å². The molecule has 0 saturated heterocycles. The molecule has 1 N–H and O–H groups in total. The van der Waals surface area contributed by atoms with Crippen LogP contribution in [0.3, 0.4) is 0 Å². The van der Waals surface area contributed by atoms with E-state index in [2.05, 4.69) is 11.4 Å². The van der Waals surface area contributed by atoms with E-state index in [1.807, 2.05) is 56.3 Å². The number of rotatable bonds is 6. The van der Waals surface area contributed by atoms with Gasteiger partial charge in [0.05, 0.1) is 5.57 Å². The third-order valence-electron chi connectivity index (χ3n) is 5.26. The van der Waals surface area contributed by atoms with Crippen LogP contribution in [0.1, 0.15) is 22.3 Å². The lowest BCUT2D eigenvalue weighted by atomic mass is 10.0. The molecule has 1 aliphatic rings. The van der Waals surface area contributed by atoms with Crippen LogP contribution in [0, 0.1) is 13.8 Å². The predicted molar refractivity (Wildman–Crippen MR) is 125 cm³/mol. The molecule has 3 aromatic carbocycles. The van der Waals surface area contributed by atoms with Crippen molar-refractivity contribution in [1.82, 2.24) is 4.90 Å². The highest BCUT2D eigenvalue weighted by atomic mass is 35.5. The summed E-state index contributed by atoms with van der Waals surface area (Å²) in [6.45, 7) is 4.32. The Morgan fingerprint density at radius 2 is 1.48 bits per heavy atom. The Bertz CT molecular complexity index is 1150. The van der Waals surface area contributed by atoms with Crippen molar-refractivity contribution in [2.45, 2.75) is 20.3 Å². The van der Waals surface area contributed by atoms with Crippen LogP contribution in [-0.4, -0.2) is 23.3 Å². The van der Waals surface area contributed by atoms with E-state index in [0.717, 1.165) is 22.4 Å². The fourth-order valence-electron chi connectivity index (χ4n) is 3.86. The van der Waals surface area contributed by atoms with Gasteiger partial charge in [-0.05, 0) is 66.8 Å². The first-order valence-corrected chi connectivity index (χ1v) is 10.6. The van der Waals surface area contributed by atoms with Crippen LogP contribution in [0.15, 0.2) is 78.5 Å².